The second kappa shape index (κ2) is 5.12. The third-order valence-corrected chi connectivity index (χ3v) is 3.16. The van der Waals surface area contributed by atoms with Gasteiger partial charge in [-0.05, 0) is 6.92 Å². The van der Waals surface area contributed by atoms with Crippen molar-refractivity contribution in [1.82, 2.24) is 14.5 Å². The largest absolute Gasteiger partial charge is 0.411 e. The van der Waals surface area contributed by atoms with Gasteiger partial charge in [0.2, 0.25) is 0 Å². The van der Waals surface area contributed by atoms with Crippen molar-refractivity contribution in [3.8, 4) is 0 Å². The quantitative estimate of drug-likeness (QED) is 0.616. The summed E-state index contributed by atoms with van der Waals surface area (Å²) in [4.78, 5) is 6.59. The third-order valence-electron chi connectivity index (χ3n) is 3.16. The Morgan fingerprint density at radius 2 is 2.12 bits per heavy atom. The number of hydrogen-bond acceptors (Lipinski definition) is 4. The van der Waals surface area contributed by atoms with E-state index in [1.54, 1.807) is 0 Å². The molecule has 16 heavy (non-hydrogen) atoms. The predicted molar refractivity (Wildman–Crippen MR) is 61.9 cm³/mol. The fourth-order valence-electron chi connectivity index (χ4n) is 2.02. The maximum absolute atomic E-state index is 8.65. The Morgan fingerprint density at radius 3 is 2.69 bits per heavy atom. The first-order chi connectivity index (χ1) is 7.79. The monoisotopic (exact) mass is 222 g/mol. The Hall–Kier alpha value is -1.36. The molecule has 88 valence electrons. The van der Waals surface area contributed by atoms with Crippen LogP contribution in [0.5, 0.6) is 0 Å². The van der Waals surface area contributed by atoms with E-state index >= 15 is 0 Å². The number of imidazole rings is 1. The lowest BCUT2D eigenvalue weighted by atomic mass is 10.1. The molecule has 0 spiro atoms. The van der Waals surface area contributed by atoms with Crippen LogP contribution in [0.25, 0.3) is 0 Å². The van der Waals surface area contributed by atoms with Gasteiger partial charge in [0.15, 0.2) is 0 Å². The first-order valence-corrected chi connectivity index (χ1v) is 5.69. The van der Waals surface area contributed by atoms with Crippen LogP contribution in [0.3, 0.4) is 0 Å². The Morgan fingerprint density at radius 1 is 1.38 bits per heavy atom. The Bertz CT molecular complexity index is 362. The highest BCUT2D eigenvalue weighted by molar-refractivity contribution is 5.84. The summed E-state index contributed by atoms with van der Waals surface area (Å²) in [6, 6.07) is 0. The minimum absolute atomic E-state index is 0.888. The summed E-state index contributed by atoms with van der Waals surface area (Å²) in [7, 11) is 0. The SMILES string of the molecule is Cc1nccn1CCN1CCC(=NO)CC1. The van der Waals surface area contributed by atoms with E-state index in [-0.39, 0.29) is 0 Å². The fraction of sp³-hybridized carbons (Fsp3) is 0.636. The molecule has 1 aliphatic rings. The van der Waals surface area contributed by atoms with Crippen molar-refractivity contribution in [3.05, 3.63) is 18.2 Å². The van der Waals surface area contributed by atoms with E-state index in [1.165, 1.54) is 0 Å². The van der Waals surface area contributed by atoms with Crippen LogP contribution >= 0.6 is 0 Å². The van der Waals surface area contributed by atoms with Crippen molar-refractivity contribution < 1.29 is 5.21 Å². The summed E-state index contributed by atoms with van der Waals surface area (Å²) in [5.41, 5.74) is 0.926. The molecule has 0 unspecified atom stereocenters. The highest BCUT2D eigenvalue weighted by Crippen LogP contribution is 2.07. The van der Waals surface area contributed by atoms with E-state index in [4.69, 9.17) is 5.21 Å². The Labute approximate surface area is 95.4 Å². The highest BCUT2D eigenvalue weighted by atomic mass is 16.4. The van der Waals surface area contributed by atoms with Gasteiger partial charge in [0.1, 0.15) is 5.82 Å². The lowest BCUT2D eigenvalue weighted by Gasteiger charge is -2.27. The molecule has 1 N–H and O–H groups in total. The van der Waals surface area contributed by atoms with E-state index in [0.717, 1.165) is 50.6 Å². The summed E-state index contributed by atoms with van der Waals surface area (Å²) >= 11 is 0. The summed E-state index contributed by atoms with van der Waals surface area (Å²) < 4.78 is 2.16. The molecule has 0 atom stereocenters. The van der Waals surface area contributed by atoms with Gasteiger partial charge in [-0.2, -0.15) is 0 Å². The molecule has 5 nitrogen and oxygen atoms in total. The molecular weight excluding hydrogens is 204 g/mol. The van der Waals surface area contributed by atoms with Crippen molar-refractivity contribution >= 4 is 5.71 Å². The molecule has 0 amide bonds. The van der Waals surface area contributed by atoms with Gasteiger partial charge in [0, 0.05) is 51.4 Å². The van der Waals surface area contributed by atoms with Crippen molar-refractivity contribution in [2.24, 2.45) is 5.16 Å². The number of aryl methyl sites for hydroxylation is 1. The normalized spacial score (nSPS) is 17.7. The number of aromatic nitrogens is 2. The fourth-order valence-corrected chi connectivity index (χ4v) is 2.02. The van der Waals surface area contributed by atoms with Crippen molar-refractivity contribution in [1.29, 1.82) is 0 Å². The van der Waals surface area contributed by atoms with Crippen molar-refractivity contribution in [3.63, 3.8) is 0 Å². The lowest BCUT2D eigenvalue weighted by Crippen LogP contribution is -2.36. The molecular formula is C11H18N4O. The zero-order valence-corrected chi connectivity index (χ0v) is 9.63. The molecule has 5 heteroatoms. The zero-order valence-electron chi connectivity index (χ0n) is 9.63. The summed E-state index contributed by atoms with van der Waals surface area (Å²) in [6.07, 6.45) is 5.63. The predicted octanol–water partition coefficient (Wildman–Crippen LogP) is 1.12. The molecule has 0 aromatic carbocycles. The molecule has 1 saturated heterocycles. The molecule has 1 fully saturated rings. The maximum atomic E-state index is 8.65. The van der Waals surface area contributed by atoms with Gasteiger partial charge < -0.3 is 14.7 Å². The number of likely N-dealkylation sites (tertiary alicyclic amines) is 1. The van der Waals surface area contributed by atoms with Gasteiger partial charge in [-0.15, -0.1) is 0 Å². The molecule has 2 rings (SSSR count). The van der Waals surface area contributed by atoms with Gasteiger partial charge in [-0.3, -0.25) is 0 Å². The molecule has 2 heterocycles. The molecule has 1 aromatic heterocycles. The maximum Gasteiger partial charge on any atom is 0.105 e. The first kappa shape index (κ1) is 11.1. The average molecular weight is 222 g/mol. The lowest BCUT2D eigenvalue weighted by molar-refractivity contribution is 0.253. The van der Waals surface area contributed by atoms with Gasteiger partial charge in [-0.25, -0.2) is 4.98 Å². The number of oxime groups is 1. The van der Waals surface area contributed by atoms with E-state index in [1.807, 2.05) is 19.3 Å². The molecule has 1 aromatic rings. The van der Waals surface area contributed by atoms with E-state index < -0.39 is 0 Å². The van der Waals surface area contributed by atoms with Gasteiger partial charge >= 0.3 is 0 Å². The van der Waals surface area contributed by atoms with E-state index in [9.17, 15) is 0 Å². The average Bonchev–Trinajstić information content (AvgIpc) is 2.73. The molecule has 0 aliphatic carbocycles. The van der Waals surface area contributed by atoms with E-state index in [0.29, 0.717) is 0 Å². The molecule has 0 bridgehead atoms. The van der Waals surface area contributed by atoms with Crippen LogP contribution in [-0.4, -0.2) is 45.0 Å². The highest BCUT2D eigenvalue weighted by Gasteiger charge is 2.14. The van der Waals surface area contributed by atoms with Crippen LogP contribution in [0.1, 0.15) is 18.7 Å². The number of hydrogen-bond donors (Lipinski definition) is 1. The van der Waals surface area contributed by atoms with Crippen molar-refractivity contribution in [2.45, 2.75) is 26.3 Å². The summed E-state index contributed by atoms with van der Waals surface area (Å²) in [6.45, 7) is 6.03. The third kappa shape index (κ3) is 2.61. The zero-order chi connectivity index (χ0) is 11.4. The van der Waals surface area contributed by atoms with E-state index in [2.05, 4.69) is 19.6 Å². The Kier molecular flexibility index (Phi) is 3.56. The van der Waals surface area contributed by atoms with Gasteiger partial charge in [0.05, 0.1) is 5.71 Å². The van der Waals surface area contributed by atoms with Crippen LogP contribution in [0.15, 0.2) is 17.5 Å². The molecule has 0 saturated carbocycles. The van der Waals surface area contributed by atoms with Gasteiger partial charge in [0.25, 0.3) is 0 Å². The van der Waals surface area contributed by atoms with Gasteiger partial charge in [-0.1, -0.05) is 5.16 Å². The number of rotatable bonds is 3. The summed E-state index contributed by atoms with van der Waals surface area (Å²) in [5, 5.41) is 11.9. The Balaban J connectivity index is 1.78. The van der Waals surface area contributed by atoms with Crippen molar-refractivity contribution in [2.75, 3.05) is 19.6 Å². The second-order valence-electron chi connectivity index (χ2n) is 4.18. The van der Waals surface area contributed by atoms with Crippen LogP contribution in [0.4, 0.5) is 0 Å². The topological polar surface area (TPSA) is 53.7 Å². The van der Waals surface area contributed by atoms with Crippen LogP contribution < -0.4 is 0 Å². The minimum atomic E-state index is 0.888. The standard InChI is InChI=1S/C11H18N4O/c1-10-12-4-7-15(10)9-8-14-5-2-11(13-16)3-6-14/h4,7,16H,2-3,5-6,8-9H2,1H3. The number of nitrogens with zero attached hydrogens (tertiary/aromatic N) is 4. The van der Waals surface area contributed by atoms with Crippen LogP contribution in [0, 0.1) is 6.92 Å². The van der Waals surface area contributed by atoms with Crippen LogP contribution in [0.2, 0.25) is 0 Å². The minimum Gasteiger partial charge on any atom is -0.411 e. The molecule has 1 aliphatic heterocycles. The number of piperidine rings is 1. The summed E-state index contributed by atoms with van der Waals surface area (Å²) in [5.74, 6) is 1.06. The molecule has 0 radical (unpaired) electrons. The first-order valence-electron chi connectivity index (χ1n) is 5.69. The second-order valence-corrected chi connectivity index (χ2v) is 4.18. The van der Waals surface area contributed by atoms with Crippen LogP contribution in [-0.2, 0) is 6.54 Å². The smallest absolute Gasteiger partial charge is 0.105 e.